The molecule has 0 aliphatic rings. The van der Waals surface area contributed by atoms with Crippen molar-refractivity contribution in [1.29, 1.82) is 0 Å². The van der Waals surface area contributed by atoms with Crippen molar-refractivity contribution in [3.8, 4) is 0 Å². The zero-order chi connectivity index (χ0) is 14.7. The highest BCUT2D eigenvalue weighted by Crippen LogP contribution is 2.24. The summed E-state index contributed by atoms with van der Waals surface area (Å²) in [4.78, 5) is 12.2. The second kappa shape index (κ2) is 6.13. The molecule has 108 valence electrons. The van der Waals surface area contributed by atoms with E-state index in [1.165, 1.54) is 19.3 Å². The van der Waals surface area contributed by atoms with Gasteiger partial charge in [0.25, 0.3) is 0 Å². The predicted octanol–water partition coefficient (Wildman–Crippen LogP) is 5.07. The van der Waals surface area contributed by atoms with Gasteiger partial charge in [0.15, 0.2) is 0 Å². The topological polar surface area (TPSA) is 30.2 Å². The molecule has 3 rings (SSSR count). The Morgan fingerprint density at radius 3 is 2.62 bits per heavy atom. The van der Waals surface area contributed by atoms with E-state index in [9.17, 15) is 4.79 Å². The van der Waals surface area contributed by atoms with Crippen LogP contribution in [-0.4, -0.2) is 0 Å². The van der Waals surface area contributed by atoms with Gasteiger partial charge in [-0.15, -0.1) is 0 Å². The van der Waals surface area contributed by atoms with Crippen LogP contribution in [0.3, 0.4) is 0 Å². The maximum Gasteiger partial charge on any atom is 0.343 e. The fraction of sp³-hybridized carbons (Fsp3) is 0.316. The fourth-order valence-electron chi connectivity index (χ4n) is 2.84. The van der Waals surface area contributed by atoms with Gasteiger partial charge in [0.2, 0.25) is 0 Å². The third-order valence-electron chi connectivity index (χ3n) is 4.00. The molecule has 2 nitrogen and oxygen atoms in total. The van der Waals surface area contributed by atoms with Crippen molar-refractivity contribution in [2.75, 3.05) is 0 Å². The number of fused-ring (bicyclic) bond motifs is 3. The van der Waals surface area contributed by atoms with E-state index >= 15 is 0 Å². The molecular weight excluding hydrogens is 260 g/mol. The number of hydrogen-bond donors (Lipinski definition) is 0. The molecule has 0 aliphatic carbocycles. The van der Waals surface area contributed by atoms with E-state index < -0.39 is 0 Å². The molecule has 0 bridgehead atoms. The molecule has 0 atom stereocenters. The first-order chi connectivity index (χ1) is 10.3. The van der Waals surface area contributed by atoms with Crippen LogP contribution in [0.15, 0.2) is 51.7 Å². The van der Waals surface area contributed by atoms with Crippen molar-refractivity contribution in [3.63, 3.8) is 0 Å². The number of hydrogen-bond acceptors (Lipinski definition) is 2. The molecule has 2 aromatic carbocycles. The van der Waals surface area contributed by atoms with E-state index in [4.69, 9.17) is 4.42 Å². The Morgan fingerprint density at radius 1 is 0.905 bits per heavy atom. The molecule has 0 amide bonds. The SMILES string of the molecule is CCCCCCc1cc2c(ccc3ccccc32)c(=O)o1. The molecule has 0 N–H and O–H groups in total. The van der Waals surface area contributed by atoms with E-state index in [2.05, 4.69) is 19.1 Å². The van der Waals surface area contributed by atoms with Gasteiger partial charge in [-0.05, 0) is 29.3 Å². The molecule has 1 heterocycles. The van der Waals surface area contributed by atoms with Gasteiger partial charge in [0.1, 0.15) is 5.76 Å². The summed E-state index contributed by atoms with van der Waals surface area (Å²) in [7, 11) is 0. The summed E-state index contributed by atoms with van der Waals surface area (Å²) in [5.41, 5.74) is -0.219. The first-order valence-electron chi connectivity index (χ1n) is 7.74. The summed E-state index contributed by atoms with van der Waals surface area (Å²) in [6, 6.07) is 14.1. The zero-order valence-corrected chi connectivity index (χ0v) is 12.4. The van der Waals surface area contributed by atoms with Crippen molar-refractivity contribution >= 4 is 21.5 Å². The Bertz CT molecular complexity index is 815. The zero-order valence-electron chi connectivity index (χ0n) is 12.4. The maximum atomic E-state index is 12.2. The summed E-state index contributed by atoms with van der Waals surface area (Å²) in [5, 5.41) is 3.96. The normalized spacial score (nSPS) is 11.3. The molecule has 0 unspecified atom stereocenters. The van der Waals surface area contributed by atoms with Crippen LogP contribution in [0.5, 0.6) is 0 Å². The minimum Gasteiger partial charge on any atom is -0.427 e. The largest absolute Gasteiger partial charge is 0.427 e. The van der Waals surface area contributed by atoms with Gasteiger partial charge >= 0.3 is 5.63 Å². The standard InChI is InChI=1S/C19H20O2/c1-2-3-4-5-9-15-13-18-16-10-7-6-8-14(16)11-12-17(18)19(20)21-15/h6-8,10-13H,2-5,9H2,1H3. The smallest absolute Gasteiger partial charge is 0.343 e. The lowest BCUT2D eigenvalue weighted by Gasteiger charge is -2.05. The third kappa shape index (κ3) is 2.85. The molecule has 0 radical (unpaired) electrons. The van der Waals surface area contributed by atoms with E-state index in [0.29, 0.717) is 5.39 Å². The lowest BCUT2D eigenvalue weighted by Crippen LogP contribution is -2.02. The number of rotatable bonds is 5. The molecular formula is C19H20O2. The molecule has 0 aliphatic heterocycles. The second-order valence-electron chi connectivity index (χ2n) is 5.56. The van der Waals surface area contributed by atoms with Crippen LogP contribution in [0.25, 0.3) is 21.5 Å². The molecule has 0 saturated heterocycles. The first kappa shape index (κ1) is 13.9. The van der Waals surface area contributed by atoms with Gasteiger partial charge in [-0.1, -0.05) is 56.5 Å². The van der Waals surface area contributed by atoms with Crippen LogP contribution in [0.2, 0.25) is 0 Å². The van der Waals surface area contributed by atoms with Gasteiger partial charge in [0.05, 0.1) is 5.39 Å². The van der Waals surface area contributed by atoms with E-state index in [1.807, 2.05) is 30.3 Å². The minimum atomic E-state index is -0.219. The summed E-state index contributed by atoms with van der Waals surface area (Å²) < 4.78 is 5.46. The summed E-state index contributed by atoms with van der Waals surface area (Å²) >= 11 is 0. The van der Waals surface area contributed by atoms with E-state index in [1.54, 1.807) is 0 Å². The number of aryl methyl sites for hydroxylation is 1. The van der Waals surface area contributed by atoms with Crippen LogP contribution in [0, 0.1) is 0 Å². The highest BCUT2D eigenvalue weighted by atomic mass is 16.4. The Morgan fingerprint density at radius 2 is 1.76 bits per heavy atom. The third-order valence-corrected chi connectivity index (χ3v) is 4.00. The van der Waals surface area contributed by atoms with Gasteiger partial charge in [-0.2, -0.15) is 0 Å². The Labute approximate surface area is 124 Å². The van der Waals surface area contributed by atoms with Gasteiger partial charge in [0, 0.05) is 11.8 Å². The van der Waals surface area contributed by atoms with Crippen LogP contribution in [0.1, 0.15) is 38.4 Å². The van der Waals surface area contributed by atoms with Crippen LogP contribution < -0.4 is 5.63 Å². The summed E-state index contributed by atoms with van der Waals surface area (Å²) in [6.07, 6.45) is 5.56. The fourth-order valence-corrected chi connectivity index (χ4v) is 2.84. The van der Waals surface area contributed by atoms with Crippen molar-refractivity contribution in [2.24, 2.45) is 0 Å². The van der Waals surface area contributed by atoms with Gasteiger partial charge < -0.3 is 4.42 Å². The molecule has 0 saturated carbocycles. The number of unbranched alkanes of at least 4 members (excludes halogenated alkanes) is 3. The Hall–Kier alpha value is -2.09. The molecule has 0 spiro atoms. The van der Waals surface area contributed by atoms with Gasteiger partial charge in [-0.25, -0.2) is 4.79 Å². The van der Waals surface area contributed by atoms with Crippen molar-refractivity contribution < 1.29 is 4.42 Å². The average molecular weight is 280 g/mol. The van der Waals surface area contributed by atoms with Crippen molar-refractivity contribution in [3.05, 3.63) is 58.6 Å². The van der Waals surface area contributed by atoms with Crippen LogP contribution >= 0.6 is 0 Å². The molecule has 3 aromatic rings. The summed E-state index contributed by atoms with van der Waals surface area (Å²) in [5.74, 6) is 0.806. The first-order valence-corrected chi connectivity index (χ1v) is 7.74. The van der Waals surface area contributed by atoms with Gasteiger partial charge in [-0.3, -0.25) is 0 Å². The lowest BCUT2D eigenvalue weighted by molar-refractivity contribution is 0.456. The average Bonchev–Trinajstić information content (AvgIpc) is 2.51. The second-order valence-corrected chi connectivity index (χ2v) is 5.56. The highest BCUT2D eigenvalue weighted by molar-refractivity contribution is 6.06. The monoisotopic (exact) mass is 280 g/mol. The van der Waals surface area contributed by atoms with Crippen molar-refractivity contribution in [2.45, 2.75) is 39.0 Å². The number of benzene rings is 2. The summed E-state index contributed by atoms with van der Waals surface area (Å²) in [6.45, 7) is 2.20. The Balaban J connectivity index is 2.04. The molecule has 0 fully saturated rings. The molecule has 21 heavy (non-hydrogen) atoms. The van der Waals surface area contributed by atoms with Crippen molar-refractivity contribution in [1.82, 2.24) is 0 Å². The predicted molar refractivity (Wildman–Crippen MR) is 87.8 cm³/mol. The van der Waals surface area contributed by atoms with E-state index in [0.717, 1.165) is 34.8 Å². The maximum absolute atomic E-state index is 12.2. The van der Waals surface area contributed by atoms with E-state index in [-0.39, 0.29) is 5.63 Å². The van der Waals surface area contributed by atoms with Crippen LogP contribution in [-0.2, 0) is 6.42 Å². The minimum absolute atomic E-state index is 0.219. The van der Waals surface area contributed by atoms with Crippen LogP contribution in [0.4, 0.5) is 0 Å². The molecule has 1 aromatic heterocycles. The molecule has 2 heteroatoms. The quantitative estimate of drug-likeness (QED) is 0.482. The highest BCUT2D eigenvalue weighted by Gasteiger charge is 2.07. The lowest BCUT2D eigenvalue weighted by atomic mass is 10.0. The Kier molecular flexibility index (Phi) is 4.05.